The number of esters is 1. The van der Waals surface area contributed by atoms with Gasteiger partial charge < -0.3 is 45.2 Å². The summed E-state index contributed by atoms with van der Waals surface area (Å²) in [6.07, 6.45) is -1.18. The smallest absolute Gasteiger partial charge is 0.315 e. The number of aliphatic carboxylic acids is 1. The SMILES string of the molecule is CC1CCC2(C(=O)OC3OC(CO)C(O)C(O)C3O)CCC3(C)C(=CCC4C5(C)CCC(O)C(C)(C(=O)O)C5CCC43C)C2C1(C)O. The first-order chi connectivity index (χ1) is 21.8. The molecule has 1 aliphatic heterocycles. The van der Waals surface area contributed by atoms with E-state index in [1.807, 2.05) is 6.92 Å². The van der Waals surface area contributed by atoms with E-state index in [2.05, 4.69) is 26.8 Å². The van der Waals surface area contributed by atoms with Crippen molar-refractivity contribution in [2.24, 2.45) is 50.7 Å². The highest BCUT2D eigenvalue weighted by atomic mass is 16.7. The second-order valence-electron chi connectivity index (χ2n) is 17.3. The van der Waals surface area contributed by atoms with Gasteiger partial charge in [-0.1, -0.05) is 39.3 Å². The van der Waals surface area contributed by atoms with Gasteiger partial charge in [0, 0.05) is 5.92 Å². The van der Waals surface area contributed by atoms with E-state index in [1.165, 1.54) is 0 Å². The van der Waals surface area contributed by atoms with Gasteiger partial charge >= 0.3 is 11.9 Å². The van der Waals surface area contributed by atoms with E-state index >= 15 is 0 Å². The molecule has 4 saturated carbocycles. The number of carbonyl (C=O) groups is 2. The molecule has 266 valence electrons. The summed E-state index contributed by atoms with van der Waals surface area (Å²) in [5.41, 5.74) is -3.64. The standard InChI is InChI=1S/C36H56O11/c1-18-9-14-36(30(44)47-28-26(41)25(40)24(39)20(17-37)46-28)16-15-32(3)19(27(36)35(18,6)45)7-8-21-31(2)12-11-23(38)34(5,29(42)43)22(31)10-13-33(21,32)4/h7,18,20-28,37-41,45H,8-17H2,1-6H3,(H,42,43). The summed E-state index contributed by atoms with van der Waals surface area (Å²) in [5, 5.41) is 74.8. The summed E-state index contributed by atoms with van der Waals surface area (Å²) in [5.74, 6) is -2.37. The van der Waals surface area contributed by atoms with Crippen LogP contribution in [-0.4, -0.2) is 96.7 Å². The van der Waals surface area contributed by atoms with Crippen molar-refractivity contribution < 1.29 is 54.8 Å². The van der Waals surface area contributed by atoms with Crippen LogP contribution in [0.5, 0.6) is 0 Å². The zero-order valence-corrected chi connectivity index (χ0v) is 28.7. The fourth-order valence-corrected chi connectivity index (χ4v) is 12.2. The first-order valence-corrected chi connectivity index (χ1v) is 17.6. The molecule has 6 aliphatic rings. The fraction of sp³-hybridized carbons (Fsp3) is 0.889. The number of rotatable bonds is 4. The minimum absolute atomic E-state index is 0.126. The summed E-state index contributed by atoms with van der Waals surface area (Å²) in [6.45, 7) is 11.7. The second-order valence-corrected chi connectivity index (χ2v) is 17.3. The topological polar surface area (TPSA) is 194 Å². The van der Waals surface area contributed by atoms with Crippen LogP contribution in [0.3, 0.4) is 0 Å². The molecular formula is C36H56O11. The number of allylic oxidation sites excluding steroid dienone is 1. The van der Waals surface area contributed by atoms with Crippen LogP contribution in [-0.2, 0) is 19.1 Å². The molecule has 0 aromatic carbocycles. The first kappa shape index (κ1) is 35.2. The number of hydrogen-bond acceptors (Lipinski definition) is 10. The molecule has 16 atom stereocenters. The summed E-state index contributed by atoms with van der Waals surface area (Å²) in [4.78, 5) is 27.2. The van der Waals surface area contributed by atoms with Crippen molar-refractivity contribution in [3.05, 3.63) is 11.6 Å². The van der Waals surface area contributed by atoms with Crippen molar-refractivity contribution in [2.75, 3.05) is 6.61 Å². The number of hydrogen-bond donors (Lipinski definition) is 7. The Hall–Kier alpha value is -1.60. The maximum absolute atomic E-state index is 14.5. The van der Waals surface area contributed by atoms with Crippen LogP contribution in [0.15, 0.2) is 11.6 Å². The summed E-state index contributed by atoms with van der Waals surface area (Å²) in [7, 11) is 0. The van der Waals surface area contributed by atoms with Gasteiger partial charge in [-0.05, 0) is 106 Å². The van der Waals surface area contributed by atoms with E-state index < -0.39 is 83.1 Å². The summed E-state index contributed by atoms with van der Waals surface area (Å²) < 4.78 is 11.4. The van der Waals surface area contributed by atoms with Gasteiger partial charge in [-0.25, -0.2) is 0 Å². The van der Waals surface area contributed by atoms with Gasteiger partial charge in [0.2, 0.25) is 6.29 Å². The number of carbonyl (C=O) groups excluding carboxylic acids is 1. The van der Waals surface area contributed by atoms with Crippen LogP contribution in [0, 0.1) is 50.7 Å². The maximum Gasteiger partial charge on any atom is 0.315 e. The summed E-state index contributed by atoms with van der Waals surface area (Å²) in [6, 6.07) is 0. The Labute approximate surface area is 277 Å². The highest BCUT2D eigenvalue weighted by Gasteiger charge is 2.72. The van der Waals surface area contributed by atoms with E-state index in [0.717, 1.165) is 18.4 Å². The van der Waals surface area contributed by atoms with E-state index in [0.29, 0.717) is 44.9 Å². The van der Waals surface area contributed by atoms with Crippen molar-refractivity contribution in [2.45, 2.75) is 142 Å². The Morgan fingerprint density at radius 3 is 2.21 bits per heavy atom. The lowest BCUT2D eigenvalue weighted by atomic mass is 9.33. The number of aliphatic hydroxyl groups excluding tert-OH is 5. The van der Waals surface area contributed by atoms with Gasteiger partial charge in [0.1, 0.15) is 24.4 Å². The quantitative estimate of drug-likeness (QED) is 0.172. The normalized spacial score (nSPS) is 55.8. The van der Waals surface area contributed by atoms with Crippen molar-refractivity contribution in [3.63, 3.8) is 0 Å². The molecule has 5 aliphatic carbocycles. The van der Waals surface area contributed by atoms with Crippen molar-refractivity contribution >= 4 is 11.9 Å². The Balaban J connectivity index is 1.39. The molecule has 11 heteroatoms. The molecular weight excluding hydrogens is 608 g/mol. The molecule has 1 heterocycles. The van der Waals surface area contributed by atoms with Crippen LogP contribution in [0.1, 0.15) is 99.3 Å². The number of fused-ring (bicyclic) bond motifs is 7. The molecule has 11 nitrogen and oxygen atoms in total. The lowest BCUT2D eigenvalue weighted by Crippen LogP contribution is -2.69. The molecule has 1 saturated heterocycles. The predicted molar refractivity (Wildman–Crippen MR) is 168 cm³/mol. The van der Waals surface area contributed by atoms with E-state index in [4.69, 9.17) is 9.47 Å². The van der Waals surface area contributed by atoms with Crippen molar-refractivity contribution in [1.82, 2.24) is 0 Å². The Morgan fingerprint density at radius 2 is 1.57 bits per heavy atom. The van der Waals surface area contributed by atoms with Gasteiger partial charge in [-0.15, -0.1) is 0 Å². The Bertz CT molecular complexity index is 1310. The second kappa shape index (κ2) is 11.2. The average Bonchev–Trinajstić information content (AvgIpc) is 3.01. The third kappa shape index (κ3) is 4.49. The number of carboxylic acids is 1. The molecule has 16 unspecified atom stereocenters. The van der Waals surface area contributed by atoms with Gasteiger partial charge in [0.15, 0.2) is 0 Å². The minimum Gasteiger partial charge on any atom is -0.481 e. The van der Waals surface area contributed by atoms with Crippen LogP contribution in [0.25, 0.3) is 0 Å². The van der Waals surface area contributed by atoms with Crippen LogP contribution >= 0.6 is 0 Å². The first-order valence-electron chi connectivity index (χ1n) is 17.6. The van der Waals surface area contributed by atoms with Crippen molar-refractivity contribution in [3.8, 4) is 0 Å². The van der Waals surface area contributed by atoms with E-state index in [-0.39, 0.29) is 28.6 Å². The predicted octanol–water partition coefficient (Wildman–Crippen LogP) is 2.53. The molecule has 47 heavy (non-hydrogen) atoms. The molecule has 6 rings (SSSR count). The number of aliphatic hydroxyl groups is 6. The zero-order chi connectivity index (χ0) is 34.7. The fourth-order valence-electron chi connectivity index (χ4n) is 12.2. The lowest BCUT2D eigenvalue weighted by Gasteiger charge is -2.71. The third-order valence-corrected chi connectivity index (χ3v) is 15.6. The van der Waals surface area contributed by atoms with Gasteiger partial charge in [-0.3, -0.25) is 9.59 Å². The maximum atomic E-state index is 14.5. The monoisotopic (exact) mass is 664 g/mol. The minimum atomic E-state index is -1.72. The number of ether oxygens (including phenoxy) is 2. The largest absolute Gasteiger partial charge is 0.481 e. The van der Waals surface area contributed by atoms with Crippen LogP contribution in [0.4, 0.5) is 0 Å². The molecule has 0 bridgehead atoms. The number of carboxylic acid groups (broad SMARTS) is 1. The molecule has 7 N–H and O–H groups in total. The van der Waals surface area contributed by atoms with E-state index in [9.17, 15) is 45.3 Å². The van der Waals surface area contributed by atoms with Gasteiger partial charge in [0.25, 0.3) is 0 Å². The molecule has 0 spiro atoms. The average molecular weight is 665 g/mol. The summed E-state index contributed by atoms with van der Waals surface area (Å²) >= 11 is 0. The van der Waals surface area contributed by atoms with Crippen LogP contribution in [0.2, 0.25) is 0 Å². The van der Waals surface area contributed by atoms with Gasteiger partial charge in [-0.2, -0.15) is 0 Å². The molecule has 0 radical (unpaired) electrons. The molecule has 0 aromatic rings. The zero-order valence-electron chi connectivity index (χ0n) is 28.7. The van der Waals surface area contributed by atoms with E-state index in [1.54, 1.807) is 13.8 Å². The highest BCUT2D eigenvalue weighted by molar-refractivity contribution is 5.79. The van der Waals surface area contributed by atoms with Crippen molar-refractivity contribution in [1.29, 1.82) is 0 Å². The lowest BCUT2D eigenvalue weighted by molar-refractivity contribution is -0.299. The molecule has 0 amide bonds. The highest BCUT2D eigenvalue weighted by Crippen LogP contribution is 2.76. The third-order valence-electron chi connectivity index (χ3n) is 15.6. The molecule has 5 fully saturated rings. The van der Waals surface area contributed by atoms with Gasteiger partial charge in [0.05, 0.1) is 29.1 Å². The van der Waals surface area contributed by atoms with Crippen LogP contribution < -0.4 is 0 Å². The Morgan fingerprint density at radius 1 is 0.894 bits per heavy atom. The molecule has 0 aromatic heterocycles. The Kier molecular flexibility index (Phi) is 8.40.